The molecule has 6 rings (SSSR count). The van der Waals surface area contributed by atoms with Crippen molar-refractivity contribution >= 4 is 16.8 Å². The molecule has 0 radical (unpaired) electrons. The zero-order valence-corrected chi connectivity index (χ0v) is 21.2. The summed E-state index contributed by atoms with van der Waals surface area (Å²) in [7, 11) is 0. The Morgan fingerprint density at radius 3 is 2.34 bits per heavy atom. The first kappa shape index (κ1) is 23.4. The standard InChI is InChI=1S/C32H26N4O2/c1-20-30(22(3)38-35-20)26-17-29-31(34-18-26)27(24-14-12-23(13-15-24)21(2)37)19-36(29)32(25-9-5-4-6-10-25)28-11-7-8-16-33-28/h4-19,32,37H,2H2,1,3H3/t32-/m0/s1. The van der Waals surface area contributed by atoms with Crippen LogP contribution in [0.1, 0.15) is 34.3 Å². The number of aromatic nitrogens is 4. The van der Waals surface area contributed by atoms with Gasteiger partial charge in [0.2, 0.25) is 0 Å². The number of aliphatic hydroxyl groups is 1. The van der Waals surface area contributed by atoms with Crippen molar-refractivity contribution in [3.63, 3.8) is 0 Å². The van der Waals surface area contributed by atoms with Crippen LogP contribution >= 0.6 is 0 Å². The molecule has 1 atom stereocenters. The number of aryl methyl sites for hydroxylation is 2. The number of pyridine rings is 2. The zero-order valence-electron chi connectivity index (χ0n) is 21.2. The van der Waals surface area contributed by atoms with Gasteiger partial charge < -0.3 is 14.2 Å². The molecule has 6 aromatic rings. The molecule has 4 aromatic heterocycles. The molecule has 0 aliphatic rings. The number of rotatable bonds is 6. The lowest BCUT2D eigenvalue weighted by atomic mass is 10.0. The summed E-state index contributed by atoms with van der Waals surface area (Å²) >= 11 is 0. The average Bonchev–Trinajstić information content (AvgIpc) is 3.49. The second-order valence-corrected chi connectivity index (χ2v) is 9.33. The maximum atomic E-state index is 9.82. The highest BCUT2D eigenvalue weighted by Crippen LogP contribution is 2.38. The molecular formula is C32H26N4O2. The van der Waals surface area contributed by atoms with Gasteiger partial charge in [0, 0.05) is 40.8 Å². The Morgan fingerprint density at radius 2 is 1.68 bits per heavy atom. The highest BCUT2D eigenvalue weighted by atomic mass is 16.5. The monoisotopic (exact) mass is 498 g/mol. The topological polar surface area (TPSA) is 77.0 Å². The maximum absolute atomic E-state index is 9.82. The van der Waals surface area contributed by atoms with Gasteiger partial charge in [-0.1, -0.05) is 72.4 Å². The molecule has 0 spiro atoms. The molecule has 0 saturated carbocycles. The van der Waals surface area contributed by atoms with Gasteiger partial charge in [-0.05, 0) is 43.2 Å². The Labute approximate surface area is 220 Å². The van der Waals surface area contributed by atoms with Crippen molar-refractivity contribution in [1.29, 1.82) is 0 Å². The summed E-state index contributed by atoms with van der Waals surface area (Å²) in [6.45, 7) is 7.50. The Bertz CT molecular complexity index is 1690. The fourth-order valence-electron chi connectivity index (χ4n) is 5.07. The van der Waals surface area contributed by atoms with E-state index in [4.69, 9.17) is 14.5 Å². The summed E-state index contributed by atoms with van der Waals surface area (Å²) < 4.78 is 7.71. The summed E-state index contributed by atoms with van der Waals surface area (Å²) in [5.41, 5.74) is 9.25. The van der Waals surface area contributed by atoms with Crippen molar-refractivity contribution in [2.45, 2.75) is 19.9 Å². The van der Waals surface area contributed by atoms with Crippen LogP contribution in [-0.4, -0.2) is 24.8 Å². The predicted octanol–water partition coefficient (Wildman–Crippen LogP) is 7.54. The molecule has 2 aromatic carbocycles. The van der Waals surface area contributed by atoms with Gasteiger partial charge >= 0.3 is 0 Å². The van der Waals surface area contributed by atoms with Gasteiger partial charge in [-0.3, -0.25) is 9.97 Å². The third-order valence-electron chi connectivity index (χ3n) is 6.88. The molecular weight excluding hydrogens is 472 g/mol. The number of hydrogen-bond donors (Lipinski definition) is 1. The van der Waals surface area contributed by atoms with E-state index in [0.29, 0.717) is 5.56 Å². The van der Waals surface area contributed by atoms with Crippen LogP contribution < -0.4 is 0 Å². The van der Waals surface area contributed by atoms with Crippen molar-refractivity contribution in [2.75, 3.05) is 0 Å². The van der Waals surface area contributed by atoms with Crippen molar-refractivity contribution in [3.05, 3.63) is 132 Å². The van der Waals surface area contributed by atoms with Crippen LogP contribution in [0.3, 0.4) is 0 Å². The predicted molar refractivity (Wildman–Crippen MR) is 150 cm³/mol. The van der Waals surface area contributed by atoms with Crippen LogP contribution in [0.5, 0.6) is 0 Å². The second kappa shape index (κ2) is 9.48. The summed E-state index contributed by atoms with van der Waals surface area (Å²) in [6.07, 6.45) is 5.85. The lowest BCUT2D eigenvalue weighted by Crippen LogP contribution is -2.13. The number of aliphatic hydroxyl groups excluding tert-OH is 1. The summed E-state index contributed by atoms with van der Waals surface area (Å²) in [5, 5.41) is 14.0. The normalized spacial score (nSPS) is 12.1. The molecule has 6 heteroatoms. The van der Waals surface area contributed by atoms with Crippen LogP contribution in [0.2, 0.25) is 0 Å². The Morgan fingerprint density at radius 1 is 0.921 bits per heavy atom. The molecule has 0 unspecified atom stereocenters. The van der Waals surface area contributed by atoms with E-state index in [1.807, 2.05) is 80.8 Å². The molecule has 0 aliphatic heterocycles. The Balaban J connectivity index is 1.63. The van der Waals surface area contributed by atoms with Crippen molar-refractivity contribution in [2.24, 2.45) is 0 Å². The largest absolute Gasteiger partial charge is 0.508 e. The highest BCUT2D eigenvalue weighted by molar-refractivity contribution is 5.95. The van der Waals surface area contributed by atoms with Gasteiger partial charge in [-0.2, -0.15) is 0 Å². The molecule has 4 heterocycles. The number of fused-ring (bicyclic) bond motifs is 1. The third-order valence-corrected chi connectivity index (χ3v) is 6.88. The number of hydrogen-bond acceptors (Lipinski definition) is 5. The molecule has 0 fully saturated rings. The average molecular weight is 499 g/mol. The van der Waals surface area contributed by atoms with Crippen molar-refractivity contribution in [1.82, 2.24) is 19.7 Å². The quantitative estimate of drug-likeness (QED) is 0.240. The fraction of sp³-hybridized carbons (Fsp3) is 0.0938. The van der Waals surface area contributed by atoms with Gasteiger partial charge in [0.15, 0.2) is 0 Å². The summed E-state index contributed by atoms with van der Waals surface area (Å²) in [5.74, 6) is 0.798. The minimum atomic E-state index is -0.174. The van der Waals surface area contributed by atoms with E-state index in [2.05, 4.69) is 46.8 Å². The van der Waals surface area contributed by atoms with Crippen LogP contribution in [-0.2, 0) is 0 Å². The first-order valence-electron chi connectivity index (χ1n) is 12.4. The fourth-order valence-corrected chi connectivity index (χ4v) is 5.07. The van der Waals surface area contributed by atoms with E-state index >= 15 is 0 Å². The van der Waals surface area contributed by atoms with E-state index in [9.17, 15) is 5.11 Å². The molecule has 186 valence electrons. The van der Waals surface area contributed by atoms with Crippen LogP contribution in [0.4, 0.5) is 0 Å². The van der Waals surface area contributed by atoms with Crippen molar-refractivity contribution in [3.8, 4) is 22.3 Å². The molecule has 0 amide bonds. The number of nitrogens with zero attached hydrogens (tertiary/aromatic N) is 4. The lowest BCUT2D eigenvalue weighted by molar-refractivity contribution is 0.393. The van der Waals surface area contributed by atoms with Crippen LogP contribution in [0.25, 0.3) is 39.0 Å². The lowest BCUT2D eigenvalue weighted by Gasteiger charge is -2.20. The molecule has 0 saturated heterocycles. The molecule has 0 aliphatic carbocycles. The van der Waals surface area contributed by atoms with E-state index in [0.717, 1.165) is 56.0 Å². The molecule has 1 N–H and O–H groups in total. The maximum Gasteiger partial charge on any atom is 0.141 e. The highest BCUT2D eigenvalue weighted by Gasteiger charge is 2.24. The third kappa shape index (κ3) is 4.06. The van der Waals surface area contributed by atoms with E-state index < -0.39 is 0 Å². The van der Waals surface area contributed by atoms with Gasteiger partial charge in [-0.25, -0.2) is 0 Å². The minimum Gasteiger partial charge on any atom is -0.508 e. The zero-order chi connectivity index (χ0) is 26.2. The van der Waals surface area contributed by atoms with Crippen LogP contribution in [0.15, 0.2) is 109 Å². The minimum absolute atomic E-state index is 0.0421. The van der Waals surface area contributed by atoms with Crippen molar-refractivity contribution < 1.29 is 9.63 Å². The first-order chi connectivity index (χ1) is 18.5. The molecule has 6 nitrogen and oxygen atoms in total. The van der Waals surface area contributed by atoms with E-state index in [1.165, 1.54) is 0 Å². The Kier molecular flexibility index (Phi) is 5.85. The van der Waals surface area contributed by atoms with E-state index in [-0.39, 0.29) is 11.8 Å². The van der Waals surface area contributed by atoms with Crippen LogP contribution in [0, 0.1) is 13.8 Å². The molecule has 38 heavy (non-hydrogen) atoms. The SMILES string of the molecule is C=C(O)c1ccc(-c2cn([C@@H](c3ccccc3)c3ccccn3)c3cc(-c4c(C)noc4C)cnc23)cc1. The second-order valence-electron chi connectivity index (χ2n) is 9.33. The number of benzene rings is 2. The van der Waals surface area contributed by atoms with Gasteiger partial charge in [0.05, 0.1) is 22.4 Å². The van der Waals surface area contributed by atoms with Gasteiger partial charge in [0.25, 0.3) is 0 Å². The summed E-state index contributed by atoms with van der Waals surface area (Å²) in [4.78, 5) is 9.71. The van der Waals surface area contributed by atoms with E-state index in [1.54, 1.807) is 0 Å². The van der Waals surface area contributed by atoms with Gasteiger partial charge in [0.1, 0.15) is 17.6 Å². The Hall–Kier alpha value is -4.97. The summed E-state index contributed by atoms with van der Waals surface area (Å²) in [6, 6.07) is 26.0. The van der Waals surface area contributed by atoms with Gasteiger partial charge in [-0.15, -0.1) is 0 Å². The first-order valence-corrected chi connectivity index (χ1v) is 12.4. The smallest absolute Gasteiger partial charge is 0.141 e. The molecule has 0 bridgehead atoms.